The van der Waals surface area contributed by atoms with Gasteiger partial charge >= 0.3 is 6.18 Å². The topological polar surface area (TPSA) is 60.3 Å². The molecule has 1 aromatic heterocycles. The monoisotopic (exact) mass is 380 g/mol. The molecule has 0 saturated carbocycles. The van der Waals surface area contributed by atoms with Crippen molar-refractivity contribution < 1.29 is 22.7 Å². The molecule has 1 aliphatic rings. The molecule has 5 nitrogen and oxygen atoms in total. The Morgan fingerprint density at radius 1 is 1.33 bits per heavy atom. The third-order valence-electron chi connectivity index (χ3n) is 4.45. The van der Waals surface area contributed by atoms with Crippen LogP contribution in [0.4, 0.5) is 13.2 Å². The van der Waals surface area contributed by atoms with E-state index in [1.165, 1.54) is 6.20 Å². The van der Waals surface area contributed by atoms with Gasteiger partial charge in [0.15, 0.2) is 0 Å². The molecule has 1 aromatic carbocycles. The SMILES string of the molecule is Cc1cc(C)c2c(c1)C(NC(=O)Cn1cccc(C(F)(F)F)c1=O)CCO2. The Balaban J connectivity index is 1.80. The molecule has 0 radical (unpaired) electrons. The number of hydrogen-bond donors (Lipinski definition) is 1. The zero-order valence-corrected chi connectivity index (χ0v) is 14.9. The highest BCUT2D eigenvalue weighted by atomic mass is 19.4. The fourth-order valence-corrected chi connectivity index (χ4v) is 3.30. The molecule has 0 saturated heterocycles. The van der Waals surface area contributed by atoms with Crippen molar-refractivity contribution >= 4 is 5.91 Å². The summed E-state index contributed by atoms with van der Waals surface area (Å²) < 4.78 is 45.0. The summed E-state index contributed by atoms with van der Waals surface area (Å²) >= 11 is 0. The fourth-order valence-electron chi connectivity index (χ4n) is 3.30. The Morgan fingerprint density at radius 3 is 2.78 bits per heavy atom. The van der Waals surface area contributed by atoms with Crippen molar-refractivity contribution in [2.75, 3.05) is 6.61 Å². The smallest absolute Gasteiger partial charge is 0.421 e. The Hall–Kier alpha value is -2.77. The number of amides is 1. The van der Waals surface area contributed by atoms with Crippen molar-refractivity contribution in [3.05, 3.63) is 63.1 Å². The molecular formula is C19H19F3N2O3. The number of carbonyl (C=O) groups is 1. The number of hydrogen-bond acceptors (Lipinski definition) is 3. The van der Waals surface area contributed by atoms with Crippen LogP contribution >= 0.6 is 0 Å². The minimum Gasteiger partial charge on any atom is -0.493 e. The summed E-state index contributed by atoms with van der Waals surface area (Å²) in [4.78, 5) is 24.4. The Bertz CT molecular complexity index is 935. The van der Waals surface area contributed by atoms with Gasteiger partial charge in [0.2, 0.25) is 5.91 Å². The van der Waals surface area contributed by atoms with Crippen LogP contribution in [-0.4, -0.2) is 17.1 Å². The largest absolute Gasteiger partial charge is 0.493 e. The molecule has 2 heterocycles. The molecule has 3 rings (SSSR count). The number of benzene rings is 1. The van der Waals surface area contributed by atoms with Crippen LogP contribution in [0.2, 0.25) is 0 Å². The van der Waals surface area contributed by atoms with Gasteiger partial charge in [-0.15, -0.1) is 0 Å². The first-order valence-electron chi connectivity index (χ1n) is 8.47. The van der Waals surface area contributed by atoms with Gasteiger partial charge in [0.1, 0.15) is 17.9 Å². The van der Waals surface area contributed by atoms with Gasteiger partial charge < -0.3 is 14.6 Å². The summed E-state index contributed by atoms with van der Waals surface area (Å²) in [5, 5.41) is 2.80. The molecule has 0 bridgehead atoms. The van der Waals surface area contributed by atoms with Gasteiger partial charge in [-0.3, -0.25) is 9.59 Å². The number of carbonyl (C=O) groups excluding carboxylic acids is 1. The van der Waals surface area contributed by atoms with Gasteiger partial charge in [-0.25, -0.2) is 0 Å². The molecule has 27 heavy (non-hydrogen) atoms. The molecule has 8 heteroatoms. The van der Waals surface area contributed by atoms with Crippen LogP contribution in [0.1, 0.15) is 34.7 Å². The van der Waals surface area contributed by atoms with E-state index in [0.29, 0.717) is 24.8 Å². The predicted molar refractivity (Wildman–Crippen MR) is 92.6 cm³/mol. The number of alkyl halides is 3. The average Bonchev–Trinajstić information content (AvgIpc) is 2.56. The third-order valence-corrected chi connectivity index (χ3v) is 4.45. The molecule has 1 aliphatic heterocycles. The van der Waals surface area contributed by atoms with Crippen molar-refractivity contribution in [3.63, 3.8) is 0 Å². The van der Waals surface area contributed by atoms with E-state index in [1.54, 1.807) is 0 Å². The van der Waals surface area contributed by atoms with E-state index in [2.05, 4.69) is 5.32 Å². The quantitative estimate of drug-likeness (QED) is 0.890. The van der Waals surface area contributed by atoms with Crippen molar-refractivity contribution in [1.82, 2.24) is 9.88 Å². The van der Waals surface area contributed by atoms with Crippen molar-refractivity contribution in [1.29, 1.82) is 0 Å². The number of rotatable bonds is 3. The second kappa shape index (κ2) is 7.09. The number of fused-ring (bicyclic) bond motifs is 1. The van der Waals surface area contributed by atoms with Crippen LogP contribution in [-0.2, 0) is 17.5 Å². The minimum absolute atomic E-state index is 0.318. The Kier molecular flexibility index (Phi) is 4.99. The van der Waals surface area contributed by atoms with E-state index in [0.717, 1.165) is 27.3 Å². The third kappa shape index (κ3) is 3.99. The number of pyridine rings is 1. The van der Waals surface area contributed by atoms with Gasteiger partial charge in [0.25, 0.3) is 5.56 Å². The summed E-state index contributed by atoms with van der Waals surface area (Å²) in [6, 6.07) is 5.39. The molecule has 0 spiro atoms. The summed E-state index contributed by atoms with van der Waals surface area (Å²) in [6.45, 7) is 3.78. The van der Waals surface area contributed by atoms with Crippen molar-refractivity contribution in [2.24, 2.45) is 0 Å². The normalized spacial score (nSPS) is 16.4. The van der Waals surface area contributed by atoms with E-state index in [9.17, 15) is 22.8 Å². The molecule has 0 aliphatic carbocycles. The van der Waals surface area contributed by atoms with Crippen LogP contribution in [0.3, 0.4) is 0 Å². The maximum absolute atomic E-state index is 12.9. The summed E-state index contributed by atoms with van der Waals surface area (Å²) in [5.74, 6) is 0.182. The van der Waals surface area contributed by atoms with E-state index < -0.39 is 29.8 Å². The first kappa shape index (κ1) is 19.0. The number of aryl methyl sites for hydroxylation is 2. The van der Waals surface area contributed by atoms with E-state index in [4.69, 9.17) is 4.74 Å². The van der Waals surface area contributed by atoms with E-state index >= 15 is 0 Å². The molecule has 144 valence electrons. The zero-order valence-electron chi connectivity index (χ0n) is 14.9. The predicted octanol–water partition coefficient (Wildman–Crippen LogP) is 3.12. The minimum atomic E-state index is -4.76. The maximum Gasteiger partial charge on any atom is 0.421 e. The van der Waals surface area contributed by atoms with Crippen molar-refractivity contribution in [3.8, 4) is 5.75 Å². The summed E-state index contributed by atoms with van der Waals surface area (Å²) in [6.07, 6.45) is -3.05. The highest BCUT2D eigenvalue weighted by molar-refractivity contribution is 5.76. The van der Waals surface area contributed by atoms with Crippen LogP contribution in [0.5, 0.6) is 5.75 Å². The molecule has 1 N–H and O–H groups in total. The summed E-state index contributed by atoms with van der Waals surface area (Å²) in [5.41, 5.74) is 0.284. The molecule has 1 atom stereocenters. The van der Waals surface area contributed by atoms with Gasteiger partial charge in [-0.05, 0) is 31.5 Å². The first-order chi connectivity index (χ1) is 12.7. The fraction of sp³-hybridized carbons (Fsp3) is 0.368. The van der Waals surface area contributed by atoms with Crippen LogP contribution in [0, 0.1) is 13.8 Å². The lowest BCUT2D eigenvalue weighted by Gasteiger charge is -2.28. The van der Waals surface area contributed by atoms with E-state index in [1.807, 2.05) is 26.0 Å². The zero-order chi connectivity index (χ0) is 19.8. The number of ether oxygens (including phenoxy) is 1. The second-order valence-electron chi connectivity index (χ2n) is 6.61. The lowest BCUT2D eigenvalue weighted by Crippen LogP contribution is -2.38. The number of nitrogens with one attached hydrogen (secondary N) is 1. The standard InChI is InChI=1S/C19H19F3N2O3/c1-11-8-12(2)17-13(9-11)15(5-7-27-17)23-16(25)10-24-6-3-4-14(18(24)26)19(20,21)22/h3-4,6,8-9,15H,5,7,10H2,1-2H3,(H,23,25). The highest BCUT2D eigenvalue weighted by Gasteiger charge is 2.34. The highest BCUT2D eigenvalue weighted by Crippen LogP contribution is 2.35. The van der Waals surface area contributed by atoms with Crippen LogP contribution < -0.4 is 15.6 Å². The van der Waals surface area contributed by atoms with Crippen molar-refractivity contribution in [2.45, 2.75) is 39.0 Å². The number of aromatic nitrogens is 1. The molecule has 0 fully saturated rings. The molecule has 2 aromatic rings. The lowest BCUT2D eigenvalue weighted by atomic mass is 9.95. The van der Waals surface area contributed by atoms with E-state index in [-0.39, 0.29) is 6.04 Å². The Labute approximate surface area is 153 Å². The van der Waals surface area contributed by atoms with Crippen LogP contribution in [0.15, 0.2) is 35.3 Å². The first-order valence-corrected chi connectivity index (χ1v) is 8.47. The number of halogens is 3. The molecular weight excluding hydrogens is 361 g/mol. The molecule has 1 amide bonds. The van der Waals surface area contributed by atoms with Gasteiger partial charge in [-0.1, -0.05) is 17.7 Å². The Morgan fingerprint density at radius 2 is 2.07 bits per heavy atom. The lowest BCUT2D eigenvalue weighted by molar-refractivity contribution is -0.139. The summed E-state index contributed by atoms with van der Waals surface area (Å²) in [7, 11) is 0. The maximum atomic E-state index is 12.9. The van der Waals surface area contributed by atoms with Gasteiger partial charge in [0, 0.05) is 18.2 Å². The molecule has 1 unspecified atom stereocenters. The number of nitrogens with zero attached hydrogens (tertiary/aromatic N) is 1. The second-order valence-corrected chi connectivity index (χ2v) is 6.61. The van der Waals surface area contributed by atoms with Gasteiger partial charge in [0.05, 0.1) is 12.6 Å². The van der Waals surface area contributed by atoms with Crippen LogP contribution in [0.25, 0.3) is 0 Å². The van der Waals surface area contributed by atoms with Gasteiger partial charge in [-0.2, -0.15) is 13.2 Å². The average molecular weight is 380 g/mol.